The number of aryl methyl sites for hydroxylation is 2. The molecule has 0 saturated heterocycles. The molecule has 1 aromatic carbocycles. The molecule has 1 saturated carbocycles. The van der Waals surface area contributed by atoms with Crippen LogP contribution < -0.4 is 5.32 Å². The Kier molecular flexibility index (Phi) is 4.59. The third-order valence-corrected chi connectivity index (χ3v) is 4.60. The molecule has 2 rings (SSSR count). The maximum atomic E-state index is 3.77. The van der Waals surface area contributed by atoms with Crippen molar-refractivity contribution in [3.63, 3.8) is 0 Å². The Morgan fingerprint density at radius 2 is 1.50 bits per heavy atom. The fourth-order valence-corrected chi connectivity index (χ4v) is 3.51. The first-order chi connectivity index (χ1) is 9.31. The van der Waals surface area contributed by atoms with Gasteiger partial charge in [0.15, 0.2) is 0 Å². The van der Waals surface area contributed by atoms with Crippen LogP contribution in [0, 0.1) is 13.8 Å². The van der Waals surface area contributed by atoms with Crippen molar-refractivity contribution in [1.29, 1.82) is 0 Å². The van der Waals surface area contributed by atoms with Crippen molar-refractivity contribution in [2.75, 3.05) is 6.54 Å². The summed E-state index contributed by atoms with van der Waals surface area (Å²) in [6.07, 6.45) is 6.82. The summed E-state index contributed by atoms with van der Waals surface area (Å²) in [6.45, 7) is 12.4. The van der Waals surface area contributed by atoms with Crippen LogP contribution in [0.15, 0.2) is 18.2 Å². The minimum Gasteiger partial charge on any atom is -0.311 e. The van der Waals surface area contributed by atoms with Crippen molar-refractivity contribution < 1.29 is 0 Å². The average molecular weight is 273 g/mol. The van der Waals surface area contributed by atoms with E-state index in [2.05, 4.69) is 58.1 Å². The first kappa shape index (κ1) is 15.6. The van der Waals surface area contributed by atoms with Crippen molar-refractivity contribution in [3.8, 4) is 0 Å². The second-order valence-corrected chi connectivity index (χ2v) is 7.82. The van der Waals surface area contributed by atoms with E-state index in [1.165, 1.54) is 43.2 Å². The van der Waals surface area contributed by atoms with E-state index in [-0.39, 0.29) is 5.54 Å². The highest BCUT2D eigenvalue weighted by atomic mass is 15.0. The molecule has 1 fully saturated rings. The molecule has 1 aromatic rings. The predicted octanol–water partition coefficient (Wildman–Crippen LogP) is 4.89. The minimum absolute atomic E-state index is 0.198. The molecule has 0 heterocycles. The van der Waals surface area contributed by atoms with Gasteiger partial charge >= 0.3 is 0 Å². The number of benzene rings is 1. The first-order valence-corrected chi connectivity index (χ1v) is 8.15. The van der Waals surface area contributed by atoms with Gasteiger partial charge in [0.25, 0.3) is 0 Å². The standard InChI is InChI=1S/C19H31N/c1-15-11-16(2)13-17(12-15)19(9-7-6-8-10-19)14-20-18(3,4)5/h11-13,20H,6-10,14H2,1-5H3. The molecule has 1 nitrogen and oxygen atoms in total. The Hall–Kier alpha value is -0.820. The molecule has 0 unspecified atom stereocenters. The number of hydrogen-bond donors (Lipinski definition) is 1. The lowest BCUT2D eigenvalue weighted by atomic mass is 9.68. The van der Waals surface area contributed by atoms with Crippen LogP contribution in [-0.2, 0) is 5.41 Å². The van der Waals surface area contributed by atoms with Gasteiger partial charge < -0.3 is 5.32 Å². The van der Waals surface area contributed by atoms with Gasteiger partial charge in [0.2, 0.25) is 0 Å². The van der Waals surface area contributed by atoms with E-state index in [0.29, 0.717) is 5.41 Å². The molecular weight excluding hydrogens is 242 g/mol. The van der Waals surface area contributed by atoms with Gasteiger partial charge in [-0.15, -0.1) is 0 Å². The van der Waals surface area contributed by atoms with E-state index >= 15 is 0 Å². The lowest BCUT2D eigenvalue weighted by Crippen LogP contribution is -2.47. The van der Waals surface area contributed by atoms with Crippen LogP contribution in [0.5, 0.6) is 0 Å². The van der Waals surface area contributed by atoms with Gasteiger partial charge in [-0.2, -0.15) is 0 Å². The van der Waals surface area contributed by atoms with Crippen LogP contribution in [0.3, 0.4) is 0 Å². The molecule has 0 aromatic heterocycles. The molecule has 1 N–H and O–H groups in total. The van der Waals surface area contributed by atoms with Gasteiger partial charge in [0.05, 0.1) is 0 Å². The second-order valence-electron chi connectivity index (χ2n) is 7.82. The maximum Gasteiger partial charge on any atom is 0.00968 e. The van der Waals surface area contributed by atoms with Crippen LogP contribution in [0.2, 0.25) is 0 Å². The lowest BCUT2D eigenvalue weighted by molar-refractivity contribution is 0.253. The second kappa shape index (κ2) is 5.89. The van der Waals surface area contributed by atoms with E-state index in [1.807, 2.05) is 0 Å². The quantitative estimate of drug-likeness (QED) is 0.826. The summed E-state index contributed by atoms with van der Waals surface area (Å²) in [4.78, 5) is 0. The third kappa shape index (κ3) is 3.85. The van der Waals surface area contributed by atoms with Crippen LogP contribution >= 0.6 is 0 Å². The first-order valence-electron chi connectivity index (χ1n) is 8.15. The van der Waals surface area contributed by atoms with E-state index in [0.717, 1.165) is 6.54 Å². The maximum absolute atomic E-state index is 3.77. The summed E-state index contributed by atoms with van der Waals surface area (Å²) >= 11 is 0. The minimum atomic E-state index is 0.198. The van der Waals surface area contributed by atoms with Gasteiger partial charge in [0, 0.05) is 17.5 Å². The smallest absolute Gasteiger partial charge is 0.00968 e. The molecule has 20 heavy (non-hydrogen) atoms. The van der Waals surface area contributed by atoms with Gasteiger partial charge in [-0.05, 0) is 53.0 Å². The van der Waals surface area contributed by atoms with Crippen LogP contribution in [-0.4, -0.2) is 12.1 Å². The lowest BCUT2D eigenvalue weighted by Gasteiger charge is -2.40. The van der Waals surface area contributed by atoms with Crippen molar-refractivity contribution in [3.05, 3.63) is 34.9 Å². The van der Waals surface area contributed by atoms with Gasteiger partial charge in [-0.25, -0.2) is 0 Å². The highest BCUT2D eigenvalue weighted by Gasteiger charge is 2.34. The molecule has 0 spiro atoms. The number of nitrogens with one attached hydrogen (secondary N) is 1. The number of rotatable bonds is 3. The zero-order valence-corrected chi connectivity index (χ0v) is 14.0. The largest absolute Gasteiger partial charge is 0.311 e. The SMILES string of the molecule is Cc1cc(C)cc(C2(CNC(C)(C)C)CCCCC2)c1. The van der Waals surface area contributed by atoms with Gasteiger partial charge in [0.1, 0.15) is 0 Å². The Morgan fingerprint density at radius 1 is 0.950 bits per heavy atom. The Morgan fingerprint density at radius 3 is 2.00 bits per heavy atom. The molecular formula is C19H31N. The molecule has 0 radical (unpaired) electrons. The average Bonchev–Trinajstić information content (AvgIpc) is 2.35. The van der Waals surface area contributed by atoms with Crippen LogP contribution in [0.4, 0.5) is 0 Å². The van der Waals surface area contributed by atoms with E-state index in [1.54, 1.807) is 5.56 Å². The molecule has 1 heteroatoms. The predicted molar refractivity (Wildman–Crippen MR) is 88.4 cm³/mol. The normalized spacial score (nSPS) is 19.1. The van der Waals surface area contributed by atoms with E-state index in [9.17, 15) is 0 Å². The summed E-state index contributed by atoms with van der Waals surface area (Å²) in [6, 6.07) is 7.13. The Labute approximate surface area is 125 Å². The molecule has 0 bridgehead atoms. The van der Waals surface area contributed by atoms with Crippen LogP contribution in [0.1, 0.15) is 69.6 Å². The fraction of sp³-hybridized carbons (Fsp3) is 0.684. The highest BCUT2D eigenvalue weighted by molar-refractivity contribution is 5.35. The molecule has 0 atom stereocenters. The van der Waals surface area contributed by atoms with Crippen molar-refractivity contribution in [1.82, 2.24) is 5.32 Å². The molecule has 1 aliphatic carbocycles. The van der Waals surface area contributed by atoms with E-state index in [4.69, 9.17) is 0 Å². The summed E-state index contributed by atoms with van der Waals surface area (Å²) in [7, 11) is 0. The Balaban J connectivity index is 2.30. The monoisotopic (exact) mass is 273 g/mol. The van der Waals surface area contributed by atoms with Gasteiger partial charge in [-0.3, -0.25) is 0 Å². The van der Waals surface area contributed by atoms with Crippen molar-refractivity contribution in [2.24, 2.45) is 0 Å². The fourth-order valence-electron chi connectivity index (χ4n) is 3.51. The Bertz CT molecular complexity index is 427. The molecule has 0 amide bonds. The van der Waals surface area contributed by atoms with E-state index < -0.39 is 0 Å². The van der Waals surface area contributed by atoms with Crippen LogP contribution in [0.25, 0.3) is 0 Å². The molecule has 112 valence electrons. The highest BCUT2D eigenvalue weighted by Crippen LogP contribution is 2.40. The third-order valence-electron chi connectivity index (χ3n) is 4.60. The van der Waals surface area contributed by atoms with Crippen molar-refractivity contribution in [2.45, 2.75) is 77.7 Å². The summed E-state index contributed by atoms with van der Waals surface area (Å²) < 4.78 is 0. The molecule has 1 aliphatic rings. The summed E-state index contributed by atoms with van der Waals surface area (Å²) in [5, 5.41) is 3.77. The van der Waals surface area contributed by atoms with Crippen molar-refractivity contribution >= 4 is 0 Å². The summed E-state index contributed by atoms with van der Waals surface area (Å²) in [5.41, 5.74) is 4.92. The summed E-state index contributed by atoms with van der Waals surface area (Å²) in [5.74, 6) is 0. The number of hydrogen-bond acceptors (Lipinski definition) is 1. The zero-order chi connectivity index (χ0) is 14.8. The zero-order valence-electron chi connectivity index (χ0n) is 14.0. The topological polar surface area (TPSA) is 12.0 Å². The van der Waals surface area contributed by atoms with Gasteiger partial charge in [-0.1, -0.05) is 48.6 Å². The molecule has 0 aliphatic heterocycles.